The minimum Gasteiger partial charge on any atom is -0.333 e. The Bertz CT molecular complexity index is 928. The number of carbonyl (C=O) groups excluding carboxylic acids is 3. The quantitative estimate of drug-likeness (QED) is 0.632. The fraction of sp³-hybridized carbons (Fsp3) is 0.348. The molecular formula is C23H27N3O3S. The Morgan fingerprint density at radius 1 is 0.967 bits per heavy atom. The fourth-order valence-corrected chi connectivity index (χ4v) is 4.33. The number of nitrogens with one attached hydrogen (secondary N) is 2. The second-order valence-corrected chi connectivity index (χ2v) is 8.34. The second kappa shape index (κ2) is 10.3. The van der Waals surface area contributed by atoms with Gasteiger partial charge in [0, 0.05) is 29.7 Å². The summed E-state index contributed by atoms with van der Waals surface area (Å²) in [5.74, 6) is -0.147. The fourth-order valence-electron chi connectivity index (χ4n) is 3.46. The molecule has 2 aromatic rings. The van der Waals surface area contributed by atoms with Crippen LogP contribution in [0.5, 0.6) is 0 Å². The van der Waals surface area contributed by atoms with E-state index < -0.39 is 0 Å². The van der Waals surface area contributed by atoms with Crippen LogP contribution in [0.25, 0.3) is 0 Å². The smallest absolute Gasteiger partial charge is 0.243 e. The van der Waals surface area contributed by atoms with Gasteiger partial charge in [0.25, 0.3) is 0 Å². The molecule has 7 heteroatoms. The third-order valence-electron chi connectivity index (χ3n) is 4.99. The van der Waals surface area contributed by atoms with Gasteiger partial charge in [0.2, 0.25) is 17.7 Å². The zero-order valence-electron chi connectivity index (χ0n) is 17.4. The number of amides is 3. The molecule has 0 fully saturated rings. The Kier molecular flexibility index (Phi) is 7.52. The van der Waals surface area contributed by atoms with Crippen LogP contribution in [-0.2, 0) is 27.2 Å². The molecule has 0 bridgehead atoms. The van der Waals surface area contributed by atoms with Crippen molar-refractivity contribution in [2.45, 2.75) is 38.0 Å². The van der Waals surface area contributed by atoms with Gasteiger partial charge < -0.3 is 15.5 Å². The van der Waals surface area contributed by atoms with Crippen LogP contribution >= 0.6 is 11.8 Å². The molecule has 0 unspecified atom stereocenters. The van der Waals surface area contributed by atoms with Crippen LogP contribution < -0.4 is 10.6 Å². The van der Waals surface area contributed by atoms with Crippen LogP contribution in [0, 0.1) is 0 Å². The molecule has 0 heterocycles. The van der Waals surface area contributed by atoms with Crippen molar-refractivity contribution in [2.24, 2.45) is 0 Å². The van der Waals surface area contributed by atoms with Crippen molar-refractivity contribution in [3.05, 3.63) is 53.6 Å². The SMILES string of the molecule is CCN(CC(=O)Nc1ccc(NC(C)=O)cc1)C(=O)CSc1ccc2c(c1)CCC2. The molecule has 30 heavy (non-hydrogen) atoms. The van der Waals surface area contributed by atoms with Crippen LogP contribution in [0.15, 0.2) is 47.4 Å². The van der Waals surface area contributed by atoms with Gasteiger partial charge in [-0.2, -0.15) is 0 Å². The third kappa shape index (κ3) is 6.10. The molecule has 3 amide bonds. The van der Waals surface area contributed by atoms with Crippen molar-refractivity contribution in [2.75, 3.05) is 29.5 Å². The summed E-state index contributed by atoms with van der Waals surface area (Å²) in [5, 5.41) is 5.47. The number of benzene rings is 2. The Hall–Kier alpha value is -2.80. The number of rotatable bonds is 8. The summed E-state index contributed by atoms with van der Waals surface area (Å²) in [6, 6.07) is 13.3. The normalized spacial score (nSPS) is 12.2. The van der Waals surface area contributed by atoms with Crippen molar-refractivity contribution in [1.29, 1.82) is 0 Å². The van der Waals surface area contributed by atoms with E-state index in [0.29, 0.717) is 23.7 Å². The van der Waals surface area contributed by atoms with Crippen LogP contribution in [0.4, 0.5) is 11.4 Å². The summed E-state index contributed by atoms with van der Waals surface area (Å²) >= 11 is 1.52. The van der Waals surface area contributed by atoms with Gasteiger partial charge in [0.15, 0.2) is 0 Å². The van der Waals surface area contributed by atoms with Crippen molar-refractivity contribution in [1.82, 2.24) is 4.90 Å². The lowest BCUT2D eigenvalue weighted by atomic mass is 10.1. The monoisotopic (exact) mass is 425 g/mol. The molecule has 3 rings (SSSR count). The molecule has 0 aliphatic heterocycles. The molecule has 6 nitrogen and oxygen atoms in total. The van der Waals surface area contributed by atoms with Crippen LogP contribution in [0.3, 0.4) is 0 Å². The number of aryl methyl sites for hydroxylation is 2. The molecule has 0 saturated heterocycles. The number of anilines is 2. The molecule has 158 valence electrons. The number of carbonyl (C=O) groups is 3. The largest absolute Gasteiger partial charge is 0.333 e. The lowest BCUT2D eigenvalue weighted by Gasteiger charge is -2.20. The van der Waals surface area contributed by atoms with Gasteiger partial charge in [-0.1, -0.05) is 6.07 Å². The lowest BCUT2D eigenvalue weighted by molar-refractivity contribution is -0.132. The Labute approximate surface area is 181 Å². The topological polar surface area (TPSA) is 78.5 Å². The van der Waals surface area contributed by atoms with E-state index in [4.69, 9.17) is 0 Å². The first-order valence-electron chi connectivity index (χ1n) is 10.1. The van der Waals surface area contributed by atoms with Crippen LogP contribution in [0.2, 0.25) is 0 Å². The Morgan fingerprint density at radius 3 is 2.30 bits per heavy atom. The van der Waals surface area contributed by atoms with E-state index in [1.807, 2.05) is 6.92 Å². The van der Waals surface area contributed by atoms with E-state index in [1.165, 1.54) is 36.2 Å². The van der Waals surface area contributed by atoms with Gasteiger partial charge in [0.05, 0.1) is 12.3 Å². The molecular weight excluding hydrogens is 398 g/mol. The van der Waals surface area contributed by atoms with Crippen molar-refractivity contribution in [3.63, 3.8) is 0 Å². The van der Waals surface area contributed by atoms with E-state index in [0.717, 1.165) is 17.7 Å². The molecule has 0 atom stereocenters. The van der Waals surface area contributed by atoms with E-state index in [9.17, 15) is 14.4 Å². The lowest BCUT2D eigenvalue weighted by Crippen LogP contribution is -2.38. The van der Waals surface area contributed by atoms with Gasteiger partial charge in [-0.15, -0.1) is 11.8 Å². The molecule has 0 aromatic heterocycles. The maximum absolute atomic E-state index is 12.6. The number of nitrogens with zero attached hydrogens (tertiary/aromatic N) is 1. The highest BCUT2D eigenvalue weighted by Crippen LogP contribution is 2.27. The minimum absolute atomic E-state index is 0.00747. The summed E-state index contributed by atoms with van der Waals surface area (Å²) in [7, 11) is 0. The summed E-state index contributed by atoms with van der Waals surface area (Å²) < 4.78 is 0. The number of hydrogen-bond acceptors (Lipinski definition) is 4. The second-order valence-electron chi connectivity index (χ2n) is 7.29. The third-order valence-corrected chi connectivity index (χ3v) is 5.97. The van der Waals surface area contributed by atoms with Gasteiger partial charge in [-0.05, 0) is 73.7 Å². The zero-order chi connectivity index (χ0) is 21.5. The van der Waals surface area contributed by atoms with Crippen molar-refractivity contribution < 1.29 is 14.4 Å². The average Bonchev–Trinajstić information content (AvgIpc) is 3.19. The molecule has 0 spiro atoms. The maximum Gasteiger partial charge on any atom is 0.243 e. The summed E-state index contributed by atoms with van der Waals surface area (Å²) in [5.41, 5.74) is 4.09. The molecule has 2 aromatic carbocycles. The van der Waals surface area contributed by atoms with Crippen molar-refractivity contribution >= 4 is 40.9 Å². The highest BCUT2D eigenvalue weighted by Gasteiger charge is 2.17. The number of fused-ring (bicyclic) bond motifs is 1. The standard InChI is InChI=1S/C23H27N3O3S/c1-3-26(14-22(28)25-20-10-8-19(9-11-20)24-16(2)27)23(29)15-30-21-12-7-17-5-4-6-18(17)13-21/h7-13H,3-6,14-15H2,1-2H3,(H,24,27)(H,25,28). The predicted octanol–water partition coefficient (Wildman–Crippen LogP) is 3.71. The number of hydrogen-bond donors (Lipinski definition) is 2. The van der Waals surface area contributed by atoms with E-state index in [2.05, 4.69) is 28.8 Å². The van der Waals surface area contributed by atoms with Gasteiger partial charge >= 0.3 is 0 Å². The average molecular weight is 426 g/mol. The maximum atomic E-state index is 12.6. The zero-order valence-corrected chi connectivity index (χ0v) is 18.2. The molecule has 1 aliphatic rings. The first-order chi connectivity index (χ1) is 14.4. The van der Waals surface area contributed by atoms with E-state index in [1.54, 1.807) is 29.2 Å². The van der Waals surface area contributed by atoms with Gasteiger partial charge in [-0.3, -0.25) is 14.4 Å². The molecule has 0 saturated carbocycles. The summed E-state index contributed by atoms with van der Waals surface area (Å²) in [6.07, 6.45) is 3.47. The number of likely N-dealkylation sites (N-methyl/N-ethyl adjacent to an activating group) is 1. The summed E-state index contributed by atoms with van der Waals surface area (Å²) in [6.45, 7) is 3.79. The number of thioether (sulfide) groups is 1. The molecule has 1 aliphatic carbocycles. The highest BCUT2D eigenvalue weighted by atomic mass is 32.2. The molecule has 0 radical (unpaired) electrons. The van der Waals surface area contributed by atoms with Crippen LogP contribution in [-0.4, -0.2) is 41.5 Å². The first-order valence-corrected chi connectivity index (χ1v) is 11.1. The van der Waals surface area contributed by atoms with Gasteiger partial charge in [0.1, 0.15) is 0 Å². The Morgan fingerprint density at radius 2 is 1.63 bits per heavy atom. The van der Waals surface area contributed by atoms with Gasteiger partial charge in [-0.25, -0.2) is 0 Å². The van der Waals surface area contributed by atoms with Crippen molar-refractivity contribution in [3.8, 4) is 0 Å². The summed E-state index contributed by atoms with van der Waals surface area (Å²) in [4.78, 5) is 38.7. The first kappa shape index (κ1) is 21.9. The van der Waals surface area contributed by atoms with E-state index in [-0.39, 0.29) is 24.3 Å². The minimum atomic E-state index is -0.250. The Balaban J connectivity index is 1.49. The van der Waals surface area contributed by atoms with E-state index >= 15 is 0 Å². The van der Waals surface area contributed by atoms with Crippen LogP contribution in [0.1, 0.15) is 31.4 Å². The molecule has 2 N–H and O–H groups in total. The predicted molar refractivity (Wildman–Crippen MR) is 121 cm³/mol. The highest BCUT2D eigenvalue weighted by molar-refractivity contribution is 8.00.